The van der Waals surface area contributed by atoms with Gasteiger partial charge in [-0.3, -0.25) is 0 Å². The lowest BCUT2D eigenvalue weighted by Crippen LogP contribution is -2.39. The highest BCUT2D eigenvalue weighted by molar-refractivity contribution is 9.10. The maximum atomic E-state index is 3.79. The molecule has 1 aliphatic rings. The first-order valence-corrected chi connectivity index (χ1v) is 7.30. The van der Waals surface area contributed by atoms with Crippen molar-refractivity contribution in [3.05, 3.63) is 34.3 Å². The zero-order valence-corrected chi connectivity index (χ0v) is 12.5. The van der Waals surface area contributed by atoms with Gasteiger partial charge >= 0.3 is 0 Å². The predicted octanol–water partition coefficient (Wildman–Crippen LogP) is 4.68. The van der Waals surface area contributed by atoms with Gasteiger partial charge in [-0.2, -0.15) is 0 Å². The summed E-state index contributed by atoms with van der Waals surface area (Å²) >= 11 is 3.54. The summed E-state index contributed by atoms with van der Waals surface area (Å²) in [6, 6.07) is 9.67. The minimum atomic E-state index is 0.426. The molecule has 0 aromatic heterocycles. The molecule has 1 unspecified atom stereocenters. The second-order valence-corrected chi connectivity index (χ2v) is 6.79. The number of nitrogens with one attached hydrogen (secondary N) is 1. The van der Waals surface area contributed by atoms with E-state index in [1.165, 1.54) is 24.8 Å². The summed E-state index contributed by atoms with van der Waals surface area (Å²) in [5.41, 5.74) is 1.81. The third-order valence-electron chi connectivity index (χ3n) is 4.06. The van der Waals surface area contributed by atoms with Gasteiger partial charge in [0.1, 0.15) is 0 Å². The second-order valence-electron chi connectivity index (χ2n) is 5.88. The first-order chi connectivity index (χ1) is 7.99. The molecule has 1 aromatic carbocycles. The van der Waals surface area contributed by atoms with Crippen molar-refractivity contribution < 1.29 is 0 Å². The predicted molar refractivity (Wildman–Crippen MR) is 77.1 cm³/mol. The molecule has 0 spiro atoms. The SMILES string of the molecule is C[C@H](NC1CCCC1(C)C)c1cccc(Br)c1. The van der Waals surface area contributed by atoms with Crippen LogP contribution in [0.1, 0.15) is 51.6 Å². The Morgan fingerprint density at radius 2 is 2.18 bits per heavy atom. The van der Waals surface area contributed by atoms with E-state index in [0.29, 0.717) is 17.5 Å². The van der Waals surface area contributed by atoms with E-state index in [1.54, 1.807) is 0 Å². The van der Waals surface area contributed by atoms with E-state index in [1.807, 2.05) is 0 Å². The molecule has 1 aromatic rings. The van der Waals surface area contributed by atoms with Crippen molar-refractivity contribution in [2.75, 3.05) is 0 Å². The molecule has 0 saturated heterocycles. The van der Waals surface area contributed by atoms with Crippen LogP contribution in [0.2, 0.25) is 0 Å². The maximum Gasteiger partial charge on any atom is 0.0294 e. The summed E-state index contributed by atoms with van der Waals surface area (Å²) in [6.45, 7) is 7.02. The van der Waals surface area contributed by atoms with Crippen molar-refractivity contribution in [3.63, 3.8) is 0 Å². The van der Waals surface area contributed by atoms with E-state index in [0.717, 1.165) is 4.47 Å². The molecule has 0 bridgehead atoms. The van der Waals surface area contributed by atoms with Crippen LogP contribution in [-0.4, -0.2) is 6.04 Å². The monoisotopic (exact) mass is 295 g/mol. The van der Waals surface area contributed by atoms with Crippen molar-refractivity contribution >= 4 is 15.9 Å². The highest BCUT2D eigenvalue weighted by Gasteiger charge is 2.34. The average molecular weight is 296 g/mol. The molecule has 0 heterocycles. The normalized spacial score (nSPS) is 24.8. The molecular weight excluding hydrogens is 274 g/mol. The van der Waals surface area contributed by atoms with Crippen LogP contribution in [0.4, 0.5) is 0 Å². The van der Waals surface area contributed by atoms with E-state index >= 15 is 0 Å². The van der Waals surface area contributed by atoms with E-state index in [-0.39, 0.29) is 0 Å². The first-order valence-electron chi connectivity index (χ1n) is 6.50. The van der Waals surface area contributed by atoms with Gasteiger partial charge in [-0.15, -0.1) is 0 Å². The van der Waals surface area contributed by atoms with Crippen LogP contribution in [-0.2, 0) is 0 Å². The lowest BCUT2D eigenvalue weighted by Gasteiger charge is -2.31. The lowest BCUT2D eigenvalue weighted by molar-refractivity contribution is 0.266. The highest BCUT2D eigenvalue weighted by atomic mass is 79.9. The van der Waals surface area contributed by atoms with Crippen LogP contribution >= 0.6 is 15.9 Å². The molecule has 2 rings (SSSR count). The lowest BCUT2D eigenvalue weighted by atomic mass is 9.86. The summed E-state index contributed by atoms with van der Waals surface area (Å²) in [4.78, 5) is 0. The van der Waals surface area contributed by atoms with Crippen LogP contribution in [0.25, 0.3) is 0 Å². The molecule has 0 amide bonds. The van der Waals surface area contributed by atoms with Crippen LogP contribution < -0.4 is 5.32 Å². The van der Waals surface area contributed by atoms with E-state index in [2.05, 4.69) is 66.3 Å². The zero-order valence-electron chi connectivity index (χ0n) is 11.0. The van der Waals surface area contributed by atoms with Crippen molar-refractivity contribution in [2.45, 2.75) is 52.1 Å². The van der Waals surface area contributed by atoms with Gasteiger partial charge in [0.2, 0.25) is 0 Å². The number of hydrogen-bond acceptors (Lipinski definition) is 1. The van der Waals surface area contributed by atoms with Crippen LogP contribution in [0, 0.1) is 5.41 Å². The third kappa shape index (κ3) is 3.11. The van der Waals surface area contributed by atoms with E-state index < -0.39 is 0 Å². The van der Waals surface area contributed by atoms with Crippen LogP contribution in [0.3, 0.4) is 0 Å². The number of halogens is 1. The first kappa shape index (κ1) is 13.1. The minimum absolute atomic E-state index is 0.426. The summed E-state index contributed by atoms with van der Waals surface area (Å²) in [6.07, 6.45) is 4.01. The van der Waals surface area contributed by atoms with Gasteiger partial charge in [-0.05, 0) is 42.9 Å². The number of hydrogen-bond donors (Lipinski definition) is 1. The fourth-order valence-corrected chi connectivity index (χ4v) is 3.23. The molecule has 1 aliphatic carbocycles. The Bertz CT molecular complexity index is 386. The van der Waals surface area contributed by atoms with Gasteiger partial charge in [-0.25, -0.2) is 0 Å². The van der Waals surface area contributed by atoms with Crippen molar-refractivity contribution in [1.82, 2.24) is 5.32 Å². The molecule has 1 nitrogen and oxygen atoms in total. The zero-order chi connectivity index (χ0) is 12.5. The van der Waals surface area contributed by atoms with E-state index in [4.69, 9.17) is 0 Å². The molecular formula is C15H22BrN. The fraction of sp³-hybridized carbons (Fsp3) is 0.600. The molecule has 0 radical (unpaired) electrons. The fourth-order valence-electron chi connectivity index (χ4n) is 2.81. The van der Waals surface area contributed by atoms with E-state index in [9.17, 15) is 0 Å². The third-order valence-corrected chi connectivity index (χ3v) is 4.55. The Balaban J connectivity index is 2.04. The maximum absolute atomic E-state index is 3.79. The van der Waals surface area contributed by atoms with Crippen LogP contribution in [0.15, 0.2) is 28.7 Å². The van der Waals surface area contributed by atoms with Gasteiger partial charge in [0.15, 0.2) is 0 Å². The second kappa shape index (κ2) is 5.11. The van der Waals surface area contributed by atoms with Crippen molar-refractivity contribution in [3.8, 4) is 0 Å². The number of benzene rings is 1. The summed E-state index contributed by atoms with van der Waals surface area (Å²) in [5.74, 6) is 0. The minimum Gasteiger partial charge on any atom is -0.307 e. The molecule has 0 aliphatic heterocycles. The Morgan fingerprint density at radius 1 is 1.41 bits per heavy atom. The molecule has 94 valence electrons. The van der Waals surface area contributed by atoms with Gasteiger partial charge in [0, 0.05) is 16.6 Å². The average Bonchev–Trinajstić information content (AvgIpc) is 2.58. The quantitative estimate of drug-likeness (QED) is 0.854. The van der Waals surface area contributed by atoms with Gasteiger partial charge in [0.05, 0.1) is 0 Å². The Morgan fingerprint density at radius 3 is 2.76 bits per heavy atom. The van der Waals surface area contributed by atoms with Gasteiger partial charge in [-0.1, -0.05) is 48.3 Å². The molecule has 1 fully saturated rings. The standard InChI is InChI=1S/C15H22BrN/c1-11(12-6-4-7-13(16)10-12)17-14-8-5-9-15(14,2)3/h4,6-7,10-11,14,17H,5,8-9H2,1-3H3/t11-,14?/m0/s1. The number of rotatable bonds is 3. The van der Waals surface area contributed by atoms with Gasteiger partial charge < -0.3 is 5.32 Å². The molecule has 2 heteroatoms. The summed E-state index contributed by atoms with van der Waals surface area (Å²) in [7, 11) is 0. The molecule has 1 saturated carbocycles. The largest absolute Gasteiger partial charge is 0.307 e. The smallest absolute Gasteiger partial charge is 0.0294 e. The van der Waals surface area contributed by atoms with Crippen molar-refractivity contribution in [2.24, 2.45) is 5.41 Å². The topological polar surface area (TPSA) is 12.0 Å². The molecule has 17 heavy (non-hydrogen) atoms. The highest BCUT2D eigenvalue weighted by Crippen LogP contribution is 2.38. The Kier molecular flexibility index (Phi) is 3.94. The molecule has 1 N–H and O–H groups in total. The Hall–Kier alpha value is -0.340. The molecule has 2 atom stereocenters. The van der Waals surface area contributed by atoms with Crippen molar-refractivity contribution in [1.29, 1.82) is 0 Å². The van der Waals surface area contributed by atoms with Crippen LogP contribution in [0.5, 0.6) is 0 Å². The van der Waals surface area contributed by atoms with Gasteiger partial charge in [0.25, 0.3) is 0 Å². The summed E-state index contributed by atoms with van der Waals surface area (Å²) < 4.78 is 1.16. The Labute approximate surface area is 113 Å². The summed E-state index contributed by atoms with van der Waals surface area (Å²) in [5, 5.41) is 3.79.